The predicted molar refractivity (Wildman–Crippen MR) is 72.4 cm³/mol. The van der Waals surface area contributed by atoms with Crippen molar-refractivity contribution in [3.8, 4) is 11.5 Å². The lowest BCUT2D eigenvalue weighted by atomic mass is 10.2. The monoisotopic (exact) mass is 293 g/mol. The van der Waals surface area contributed by atoms with Crippen LogP contribution in [0.2, 0.25) is 0 Å². The highest BCUT2D eigenvalue weighted by atomic mass is 19.3. The van der Waals surface area contributed by atoms with E-state index in [9.17, 15) is 13.6 Å². The van der Waals surface area contributed by atoms with Gasteiger partial charge < -0.3 is 15.2 Å². The van der Waals surface area contributed by atoms with Crippen LogP contribution in [-0.4, -0.2) is 12.5 Å². The molecule has 0 aliphatic carbocycles. The van der Waals surface area contributed by atoms with Crippen molar-refractivity contribution in [2.75, 3.05) is 0 Å². The molecule has 0 bridgehead atoms. The highest BCUT2D eigenvalue weighted by Crippen LogP contribution is 2.30. The van der Waals surface area contributed by atoms with Gasteiger partial charge in [-0.25, -0.2) is 0 Å². The second kappa shape index (κ2) is 6.69. The number of alkyl halides is 2. The zero-order valence-electron chi connectivity index (χ0n) is 11.0. The summed E-state index contributed by atoms with van der Waals surface area (Å²) in [4.78, 5) is 11.1. The Hall–Kier alpha value is -2.63. The van der Waals surface area contributed by atoms with Crippen molar-refractivity contribution < 1.29 is 23.0 Å². The molecule has 0 saturated heterocycles. The van der Waals surface area contributed by atoms with E-state index < -0.39 is 12.5 Å². The van der Waals surface area contributed by atoms with Crippen LogP contribution < -0.4 is 15.2 Å². The maximum absolute atomic E-state index is 12.4. The van der Waals surface area contributed by atoms with Crippen LogP contribution in [0, 0.1) is 0 Å². The molecule has 0 heterocycles. The van der Waals surface area contributed by atoms with E-state index in [-0.39, 0.29) is 23.7 Å². The van der Waals surface area contributed by atoms with Crippen molar-refractivity contribution in [1.29, 1.82) is 0 Å². The van der Waals surface area contributed by atoms with Gasteiger partial charge in [0.1, 0.15) is 6.61 Å². The van der Waals surface area contributed by atoms with Crippen molar-refractivity contribution in [3.63, 3.8) is 0 Å². The van der Waals surface area contributed by atoms with Gasteiger partial charge in [-0.2, -0.15) is 8.78 Å². The molecule has 2 rings (SSSR count). The van der Waals surface area contributed by atoms with Crippen molar-refractivity contribution in [1.82, 2.24) is 0 Å². The first kappa shape index (κ1) is 14.8. The lowest BCUT2D eigenvalue weighted by molar-refractivity contribution is -0.0515. The lowest BCUT2D eigenvalue weighted by Crippen LogP contribution is -2.12. The van der Waals surface area contributed by atoms with Crippen molar-refractivity contribution in [3.05, 3.63) is 59.7 Å². The van der Waals surface area contributed by atoms with E-state index in [1.807, 2.05) is 30.3 Å². The topological polar surface area (TPSA) is 61.6 Å². The van der Waals surface area contributed by atoms with Crippen LogP contribution in [0.25, 0.3) is 0 Å². The molecule has 0 spiro atoms. The van der Waals surface area contributed by atoms with Crippen LogP contribution in [-0.2, 0) is 6.61 Å². The number of ether oxygens (including phenoxy) is 2. The fourth-order valence-electron chi connectivity index (χ4n) is 1.70. The number of primary amides is 1. The van der Waals surface area contributed by atoms with E-state index in [2.05, 4.69) is 4.74 Å². The highest BCUT2D eigenvalue weighted by Gasteiger charge is 2.13. The van der Waals surface area contributed by atoms with Crippen LogP contribution >= 0.6 is 0 Å². The second-order valence-corrected chi connectivity index (χ2v) is 4.18. The Labute approximate surface area is 120 Å². The maximum atomic E-state index is 12.4. The SMILES string of the molecule is NC(=O)c1ccc(OC(F)F)c(OCc2ccccc2)c1. The van der Waals surface area contributed by atoms with Gasteiger partial charge in [-0.15, -0.1) is 0 Å². The molecule has 0 aliphatic heterocycles. The Balaban J connectivity index is 2.21. The van der Waals surface area contributed by atoms with E-state index in [0.29, 0.717) is 0 Å². The molecule has 0 aromatic heterocycles. The largest absolute Gasteiger partial charge is 0.485 e. The summed E-state index contributed by atoms with van der Waals surface area (Å²) in [5.74, 6) is -0.787. The number of carbonyl (C=O) groups excluding carboxylic acids is 1. The maximum Gasteiger partial charge on any atom is 0.387 e. The van der Waals surface area contributed by atoms with Gasteiger partial charge in [-0.1, -0.05) is 30.3 Å². The summed E-state index contributed by atoms with van der Waals surface area (Å²) in [6.07, 6.45) is 0. The molecule has 2 aromatic carbocycles. The number of rotatable bonds is 6. The molecular formula is C15H13F2NO3. The number of halogens is 2. The third kappa shape index (κ3) is 4.17. The summed E-state index contributed by atoms with van der Waals surface area (Å²) in [7, 11) is 0. The average molecular weight is 293 g/mol. The molecule has 0 unspecified atom stereocenters. The van der Waals surface area contributed by atoms with Gasteiger partial charge in [-0.05, 0) is 23.8 Å². The van der Waals surface area contributed by atoms with Crippen molar-refractivity contribution in [2.24, 2.45) is 5.73 Å². The molecular weight excluding hydrogens is 280 g/mol. The van der Waals surface area contributed by atoms with Gasteiger partial charge in [0.15, 0.2) is 11.5 Å². The quantitative estimate of drug-likeness (QED) is 0.890. The van der Waals surface area contributed by atoms with Gasteiger partial charge in [0.2, 0.25) is 5.91 Å². The average Bonchev–Trinajstić information content (AvgIpc) is 2.46. The number of amides is 1. The first-order valence-corrected chi connectivity index (χ1v) is 6.11. The molecule has 0 aliphatic rings. The molecule has 21 heavy (non-hydrogen) atoms. The molecule has 2 N–H and O–H groups in total. The summed E-state index contributed by atoms with van der Waals surface area (Å²) in [5.41, 5.74) is 6.16. The molecule has 110 valence electrons. The summed E-state index contributed by atoms with van der Waals surface area (Å²) in [6.45, 7) is -2.83. The fourth-order valence-corrected chi connectivity index (χ4v) is 1.70. The smallest absolute Gasteiger partial charge is 0.387 e. The lowest BCUT2D eigenvalue weighted by Gasteiger charge is -2.13. The Morgan fingerprint density at radius 2 is 1.81 bits per heavy atom. The van der Waals surface area contributed by atoms with Crippen LogP contribution in [0.4, 0.5) is 8.78 Å². The van der Waals surface area contributed by atoms with Crippen molar-refractivity contribution in [2.45, 2.75) is 13.2 Å². The van der Waals surface area contributed by atoms with E-state index in [1.54, 1.807) is 0 Å². The minimum Gasteiger partial charge on any atom is -0.485 e. The molecule has 6 heteroatoms. The second-order valence-electron chi connectivity index (χ2n) is 4.18. The van der Waals surface area contributed by atoms with Gasteiger partial charge in [0.25, 0.3) is 0 Å². The minimum atomic E-state index is -2.98. The minimum absolute atomic E-state index is 0.0375. The van der Waals surface area contributed by atoms with Crippen LogP contribution in [0.1, 0.15) is 15.9 Å². The molecule has 0 radical (unpaired) electrons. The first-order chi connectivity index (χ1) is 10.1. The zero-order valence-corrected chi connectivity index (χ0v) is 11.0. The van der Waals surface area contributed by atoms with Crippen molar-refractivity contribution >= 4 is 5.91 Å². The fraction of sp³-hybridized carbons (Fsp3) is 0.133. The molecule has 0 saturated carbocycles. The highest BCUT2D eigenvalue weighted by molar-refractivity contribution is 5.93. The van der Waals surface area contributed by atoms with Crippen LogP contribution in [0.3, 0.4) is 0 Å². The zero-order chi connectivity index (χ0) is 15.2. The summed E-state index contributed by atoms with van der Waals surface area (Å²) in [6, 6.07) is 13.0. The van der Waals surface area contributed by atoms with E-state index in [4.69, 9.17) is 10.5 Å². The number of hydrogen-bond acceptors (Lipinski definition) is 3. The van der Waals surface area contributed by atoms with Gasteiger partial charge >= 0.3 is 6.61 Å². The van der Waals surface area contributed by atoms with Gasteiger partial charge in [0, 0.05) is 5.56 Å². The molecule has 1 amide bonds. The molecule has 0 atom stereocenters. The van der Waals surface area contributed by atoms with Gasteiger partial charge in [-0.3, -0.25) is 4.79 Å². The Kier molecular flexibility index (Phi) is 4.71. The normalized spacial score (nSPS) is 10.4. The Morgan fingerprint density at radius 3 is 2.43 bits per heavy atom. The third-order valence-electron chi connectivity index (χ3n) is 2.68. The predicted octanol–water partition coefficient (Wildman–Crippen LogP) is 2.97. The molecule has 0 fully saturated rings. The number of benzene rings is 2. The number of nitrogens with two attached hydrogens (primary N) is 1. The molecule has 2 aromatic rings. The number of carbonyl (C=O) groups is 1. The standard InChI is InChI=1S/C15H13F2NO3/c16-15(17)21-12-7-6-11(14(18)19)8-13(12)20-9-10-4-2-1-3-5-10/h1-8,15H,9H2,(H2,18,19). The molecule has 4 nitrogen and oxygen atoms in total. The summed E-state index contributed by atoms with van der Waals surface area (Å²) < 4.78 is 34.5. The van der Waals surface area contributed by atoms with E-state index >= 15 is 0 Å². The van der Waals surface area contributed by atoms with E-state index in [0.717, 1.165) is 5.56 Å². The third-order valence-corrected chi connectivity index (χ3v) is 2.68. The Morgan fingerprint density at radius 1 is 1.10 bits per heavy atom. The first-order valence-electron chi connectivity index (χ1n) is 6.11. The number of hydrogen-bond donors (Lipinski definition) is 1. The summed E-state index contributed by atoms with van der Waals surface area (Å²) in [5, 5.41) is 0. The Bertz CT molecular complexity index is 618. The summed E-state index contributed by atoms with van der Waals surface area (Å²) >= 11 is 0. The van der Waals surface area contributed by atoms with Crippen LogP contribution in [0.5, 0.6) is 11.5 Å². The van der Waals surface area contributed by atoms with E-state index in [1.165, 1.54) is 18.2 Å². The van der Waals surface area contributed by atoms with Gasteiger partial charge in [0.05, 0.1) is 0 Å². The van der Waals surface area contributed by atoms with Crippen LogP contribution in [0.15, 0.2) is 48.5 Å².